The van der Waals surface area contributed by atoms with Gasteiger partial charge in [-0.1, -0.05) is 25.5 Å². The highest BCUT2D eigenvalue weighted by atomic mass is 127. The maximum absolute atomic E-state index is 5.94. The first-order chi connectivity index (χ1) is 10.1. The van der Waals surface area contributed by atoms with Crippen LogP contribution in [0.25, 0.3) is 0 Å². The third kappa shape index (κ3) is 4.18. The summed E-state index contributed by atoms with van der Waals surface area (Å²) in [5, 5.41) is 0. The Morgan fingerprint density at radius 3 is 2.38 bits per heavy atom. The second-order valence-electron chi connectivity index (χ2n) is 6.31. The summed E-state index contributed by atoms with van der Waals surface area (Å²) in [6.07, 6.45) is 6.10. The van der Waals surface area contributed by atoms with Gasteiger partial charge in [0.15, 0.2) is 0 Å². The Morgan fingerprint density at radius 1 is 1.24 bits per heavy atom. The molecule has 0 aromatic heterocycles. The number of hydrazine groups is 1. The molecule has 3 N–H and O–H groups in total. The average molecular weight is 401 g/mol. The molecule has 1 aliphatic heterocycles. The molecule has 0 bridgehead atoms. The molecular weight excluding hydrogens is 373 g/mol. The van der Waals surface area contributed by atoms with Gasteiger partial charge in [-0.15, -0.1) is 0 Å². The second kappa shape index (κ2) is 7.90. The summed E-state index contributed by atoms with van der Waals surface area (Å²) in [5.74, 6) is 5.94. The smallest absolute Gasteiger partial charge is 0.0432 e. The molecule has 1 aromatic carbocycles. The van der Waals surface area contributed by atoms with Crippen LogP contribution in [0.1, 0.15) is 45.1 Å². The number of piperidine rings is 1. The van der Waals surface area contributed by atoms with Crippen molar-refractivity contribution >= 4 is 22.6 Å². The zero-order chi connectivity index (χ0) is 15.3. The van der Waals surface area contributed by atoms with Crippen LogP contribution in [0.15, 0.2) is 24.3 Å². The molecule has 0 aliphatic carbocycles. The van der Waals surface area contributed by atoms with E-state index in [4.69, 9.17) is 5.84 Å². The minimum atomic E-state index is 0.123. The summed E-state index contributed by atoms with van der Waals surface area (Å²) in [7, 11) is 0. The Balaban J connectivity index is 2.13. The van der Waals surface area contributed by atoms with E-state index in [1.165, 1.54) is 41.5 Å². The third-order valence-electron chi connectivity index (χ3n) is 5.10. The van der Waals surface area contributed by atoms with E-state index >= 15 is 0 Å². The number of rotatable bonds is 6. The number of hydrogen-bond donors (Lipinski definition) is 2. The second-order valence-corrected chi connectivity index (χ2v) is 7.55. The first kappa shape index (κ1) is 17.2. The molecule has 21 heavy (non-hydrogen) atoms. The van der Waals surface area contributed by atoms with Crippen LogP contribution in [0.2, 0.25) is 0 Å². The quantitative estimate of drug-likeness (QED) is 0.437. The van der Waals surface area contributed by atoms with E-state index in [9.17, 15) is 0 Å². The molecule has 0 saturated carbocycles. The molecule has 1 fully saturated rings. The fraction of sp³-hybridized carbons (Fsp3) is 0.647. The molecule has 1 aromatic rings. The SMILES string of the molecule is CCC(C)(C(Cc1ccc(I)cc1)NN)N1CCCCC1. The van der Waals surface area contributed by atoms with Crippen LogP contribution in [0.5, 0.6) is 0 Å². The fourth-order valence-corrected chi connectivity index (χ4v) is 3.77. The fourth-order valence-electron chi connectivity index (χ4n) is 3.41. The highest BCUT2D eigenvalue weighted by molar-refractivity contribution is 14.1. The minimum absolute atomic E-state index is 0.123. The predicted octanol–water partition coefficient (Wildman–Crippen LogP) is 3.32. The topological polar surface area (TPSA) is 41.3 Å². The van der Waals surface area contributed by atoms with Crippen molar-refractivity contribution in [2.45, 2.75) is 57.5 Å². The number of likely N-dealkylation sites (tertiary alicyclic amines) is 1. The maximum Gasteiger partial charge on any atom is 0.0432 e. The average Bonchev–Trinajstić information content (AvgIpc) is 2.54. The van der Waals surface area contributed by atoms with Gasteiger partial charge in [0.05, 0.1) is 0 Å². The molecule has 2 unspecified atom stereocenters. The Labute approximate surface area is 142 Å². The van der Waals surface area contributed by atoms with E-state index in [0.717, 1.165) is 12.8 Å². The van der Waals surface area contributed by atoms with Crippen molar-refractivity contribution in [1.29, 1.82) is 0 Å². The van der Waals surface area contributed by atoms with Crippen LogP contribution in [-0.2, 0) is 6.42 Å². The van der Waals surface area contributed by atoms with E-state index < -0.39 is 0 Å². The zero-order valence-electron chi connectivity index (χ0n) is 13.2. The lowest BCUT2D eigenvalue weighted by atomic mass is 9.82. The molecule has 0 radical (unpaired) electrons. The van der Waals surface area contributed by atoms with Gasteiger partial charge in [0.25, 0.3) is 0 Å². The Kier molecular flexibility index (Phi) is 6.47. The van der Waals surface area contributed by atoms with Crippen molar-refractivity contribution in [3.8, 4) is 0 Å². The third-order valence-corrected chi connectivity index (χ3v) is 5.82. The molecular formula is C17H28IN3. The van der Waals surface area contributed by atoms with Gasteiger partial charge in [-0.25, -0.2) is 0 Å². The van der Waals surface area contributed by atoms with Crippen molar-refractivity contribution in [2.75, 3.05) is 13.1 Å². The number of nitrogens with two attached hydrogens (primary N) is 1. The molecule has 2 rings (SSSR count). The molecule has 0 spiro atoms. The van der Waals surface area contributed by atoms with E-state index in [1.54, 1.807) is 0 Å². The molecule has 2 atom stereocenters. The van der Waals surface area contributed by atoms with Crippen LogP contribution < -0.4 is 11.3 Å². The predicted molar refractivity (Wildman–Crippen MR) is 98.1 cm³/mol. The number of nitrogens with zero attached hydrogens (tertiary/aromatic N) is 1. The first-order valence-electron chi connectivity index (χ1n) is 8.05. The van der Waals surface area contributed by atoms with Crippen LogP contribution >= 0.6 is 22.6 Å². The van der Waals surface area contributed by atoms with E-state index in [2.05, 4.69) is 71.0 Å². The summed E-state index contributed by atoms with van der Waals surface area (Å²) in [5.41, 5.74) is 4.59. The van der Waals surface area contributed by atoms with Gasteiger partial charge in [-0.05, 0) is 86.0 Å². The van der Waals surface area contributed by atoms with Gasteiger partial charge >= 0.3 is 0 Å². The minimum Gasteiger partial charge on any atom is -0.296 e. The summed E-state index contributed by atoms with van der Waals surface area (Å²) in [6, 6.07) is 9.07. The lowest BCUT2D eigenvalue weighted by Gasteiger charge is -2.48. The van der Waals surface area contributed by atoms with Gasteiger partial charge < -0.3 is 0 Å². The lowest BCUT2D eigenvalue weighted by molar-refractivity contribution is 0.0429. The van der Waals surface area contributed by atoms with E-state index in [-0.39, 0.29) is 11.6 Å². The van der Waals surface area contributed by atoms with E-state index in [0.29, 0.717) is 0 Å². The van der Waals surface area contributed by atoms with Gasteiger partial charge in [-0.2, -0.15) is 0 Å². The maximum atomic E-state index is 5.94. The lowest BCUT2D eigenvalue weighted by Crippen LogP contribution is -2.62. The van der Waals surface area contributed by atoms with Gasteiger partial charge in [0.2, 0.25) is 0 Å². The number of nitrogens with one attached hydrogen (secondary N) is 1. The van der Waals surface area contributed by atoms with Crippen LogP contribution in [0.4, 0.5) is 0 Å². The van der Waals surface area contributed by atoms with Crippen molar-refractivity contribution in [3.63, 3.8) is 0 Å². The zero-order valence-corrected chi connectivity index (χ0v) is 15.4. The normalized spacial score (nSPS) is 21.0. The number of hydrogen-bond acceptors (Lipinski definition) is 3. The molecule has 1 saturated heterocycles. The van der Waals surface area contributed by atoms with Crippen molar-refractivity contribution < 1.29 is 0 Å². The largest absolute Gasteiger partial charge is 0.296 e. The molecule has 0 amide bonds. The molecule has 118 valence electrons. The van der Waals surface area contributed by atoms with Crippen LogP contribution in [0.3, 0.4) is 0 Å². The molecule has 1 heterocycles. The van der Waals surface area contributed by atoms with Crippen LogP contribution in [-0.4, -0.2) is 29.6 Å². The van der Waals surface area contributed by atoms with Crippen molar-refractivity contribution in [2.24, 2.45) is 5.84 Å². The molecule has 1 aliphatic rings. The summed E-state index contributed by atoms with van der Waals surface area (Å²) in [6.45, 7) is 7.06. The van der Waals surface area contributed by atoms with Gasteiger partial charge in [0, 0.05) is 15.2 Å². The van der Waals surface area contributed by atoms with Gasteiger partial charge in [-0.3, -0.25) is 16.2 Å². The Hall–Kier alpha value is -0.170. The summed E-state index contributed by atoms with van der Waals surface area (Å²) in [4.78, 5) is 2.65. The monoisotopic (exact) mass is 401 g/mol. The molecule has 3 nitrogen and oxygen atoms in total. The van der Waals surface area contributed by atoms with Gasteiger partial charge in [0.1, 0.15) is 0 Å². The summed E-state index contributed by atoms with van der Waals surface area (Å²) >= 11 is 2.35. The van der Waals surface area contributed by atoms with Crippen molar-refractivity contribution in [3.05, 3.63) is 33.4 Å². The standard InChI is InChI=1S/C17H28IN3/c1-3-17(2,21-11-5-4-6-12-21)16(20-19)13-14-7-9-15(18)10-8-14/h7-10,16,20H,3-6,11-13,19H2,1-2H3. The first-order valence-corrected chi connectivity index (χ1v) is 9.13. The molecule has 4 heteroatoms. The number of halogens is 1. The Morgan fingerprint density at radius 2 is 1.86 bits per heavy atom. The van der Waals surface area contributed by atoms with E-state index in [1.807, 2.05) is 0 Å². The summed E-state index contributed by atoms with van der Waals surface area (Å²) < 4.78 is 1.28. The number of benzene rings is 1. The highest BCUT2D eigenvalue weighted by Gasteiger charge is 2.38. The highest BCUT2D eigenvalue weighted by Crippen LogP contribution is 2.29. The van der Waals surface area contributed by atoms with Crippen molar-refractivity contribution in [1.82, 2.24) is 10.3 Å². The van der Waals surface area contributed by atoms with Crippen LogP contribution in [0, 0.1) is 3.57 Å². The Bertz CT molecular complexity index is 428.